The van der Waals surface area contributed by atoms with Gasteiger partial charge in [0.25, 0.3) is 0 Å². The van der Waals surface area contributed by atoms with Gasteiger partial charge in [0.15, 0.2) is 0 Å². The molecule has 8 heteroatoms. The van der Waals surface area contributed by atoms with Gasteiger partial charge in [-0.2, -0.15) is 4.31 Å². The average molecular weight is 392 g/mol. The van der Waals surface area contributed by atoms with Gasteiger partial charge in [-0.05, 0) is 48.9 Å². The first kappa shape index (κ1) is 20.7. The Bertz CT molecular complexity index is 895. The topological polar surface area (TPSA) is 84.9 Å². The van der Waals surface area contributed by atoms with Crippen LogP contribution in [0.25, 0.3) is 0 Å². The number of aryl methyl sites for hydroxylation is 1. The Hall–Kier alpha value is -2.58. The van der Waals surface area contributed by atoms with E-state index in [0.29, 0.717) is 11.4 Å². The number of anilines is 1. The van der Waals surface area contributed by atoms with E-state index in [2.05, 4.69) is 5.32 Å². The highest BCUT2D eigenvalue weighted by molar-refractivity contribution is 7.89. The maximum Gasteiger partial charge on any atom is 0.247 e. The summed E-state index contributed by atoms with van der Waals surface area (Å²) in [7, 11) is -0.921. The number of benzene rings is 2. The number of nitrogens with zero attached hydrogens (tertiary/aromatic N) is 1. The Balaban J connectivity index is 2.19. The van der Waals surface area contributed by atoms with Crippen LogP contribution in [0.1, 0.15) is 12.5 Å². The highest BCUT2D eigenvalue weighted by atomic mass is 32.2. The van der Waals surface area contributed by atoms with Crippen molar-refractivity contribution < 1.29 is 22.7 Å². The number of rotatable bonds is 8. The summed E-state index contributed by atoms with van der Waals surface area (Å²) in [6.07, 6.45) is 0. The average Bonchev–Trinajstić information content (AvgIpc) is 2.66. The normalized spacial score (nSPS) is 11.3. The standard InChI is InChI=1S/C19H24N2O5S/c1-5-21(13-19(22)20-15-7-9-16(25-3)10-8-15)27(23,24)18-12-14(2)6-11-17(18)26-4/h6-12H,5,13H2,1-4H3,(H,20,22). The number of carbonyl (C=O) groups is 1. The van der Waals surface area contributed by atoms with Crippen LogP contribution in [0.5, 0.6) is 11.5 Å². The van der Waals surface area contributed by atoms with Crippen molar-refractivity contribution in [1.82, 2.24) is 4.31 Å². The van der Waals surface area contributed by atoms with Crippen LogP contribution in [0.3, 0.4) is 0 Å². The fourth-order valence-corrected chi connectivity index (χ4v) is 4.17. The van der Waals surface area contributed by atoms with Crippen LogP contribution in [0.15, 0.2) is 47.4 Å². The zero-order valence-corrected chi connectivity index (χ0v) is 16.7. The van der Waals surface area contributed by atoms with Crippen molar-refractivity contribution in [1.29, 1.82) is 0 Å². The van der Waals surface area contributed by atoms with E-state index in [1.54, 1.807) is 57.4 Å². The lowest BCUT2D eigenvalue weighted by Crippen LogP contribution is -2.38. The summed E-state index contributed by atoms with van der Waals surface area (Å²) in [6, 6.07) is 11.7. The number of ether oxygens (including phenoxy) is 2. The summed E-state index contributed by atoms with van der Waals surface area (Å²) in [5, 5.41) is 2.69. The first-order valence-electron chi connectivity index (χ1n) is 8.40. The summed E-state index contributed by atoms with van der Waals surface area (Å²) in [5.41, 5.74) is 1.34. The van der Waals surface area contributed by atoms with E-state index in [4.69, 9.17) is 9.47 Å². The highest BCUT2D eigenvalue weighted by Gasteiger charge is 2.28. The van der Waals surface area contributed by atoms with Crippen molar-refractivity contribution in [2.75, 3.05) is 32.6 Å². The van der Waals surface area contributed by atoms with Gasteiger partial charge in [0.1, 0.15) is 16.4 Å². The highest BCUT2D eigenvalue weighted by Crippen LogP contribution is 2.27. The zero-order valence-electron chi connectivity index (χ0n) is 15.9. The van der Waals surface area contributed by atoms with Crippen LogP contribution in [-0.2, 0) is 14.8 Å². The predicted octanol–water partition coefficient (Wildman–Crippen LogP) is 2.66. The molecule has 0 bridgehead atoms. The van der Waals surface area contributed by atoms with Gasteiger partial charge in [-0.1, -0.05) is 13.0 Å². The third-order valence-electron chi connectivity index (χ3n) is 3.98. The van der Waals surface area contributed by atoms with Crippen molar-refractivity contribution in [3.05, 3.63) is 48.0 Å². The molecule has 2 aromatic rings. The quantitative estimate of drug-likeness (QED) is 0.747. The molecule has 1 amide bonds. The number of sulfonamides is 1. The molecule has 0 atom stereocenters. The molecule has 2 rings (SSSR count). The van der Waals surface area contributed by atoms with Crippen LogP contribution in [0.2, 0.25) is 0 Å². The van der Waals surface area contributed by atoms with E-state index < -0.39 is 15.9 Å². The number of likely N-dealkylation sites (N-methyl/N-ethyl adjacent to an activating group) is 1. The molecule has 146 valence electrons. The number of amides is 1. The van der Waals surface area contributed by atoms with E-state index in [1.807, 2.05) is 0 Å². The Morgan fingerprint density at radius 3 is 2.30 bits per heavy atom. The summed E-state index contributed by atoms with van der Waals surface area (Å²) >= 11 is 0. The molecule has 0 saturated heterocycles. The molecule has 0 aliphatic heterocycles. The lowest BCUT2D eigenvalue weighted by atomic mass is 10.2. The monoisotopic (exact) mass is 392 g/mol. The summed E-state index contributed by atoms with van der Waals surface area (Å²) < 4.78 is 37.4. The van der Waals surface area contributed by atoms with Gasteiger partial charge in [-0.15, -0.1) is 0 Å². The van der Waals surface area contributed by atoms with Crippen LogP contribution in [0.4, 0.5) is 5.69 Å². The van der Waals surface area contributed by atoms with Crippen molar-refractivity contribution in [2.45, 2.75) is 18.7 Å². The fourth-order valence-electron chi connectivity index (χ4n) is 2.53. The first-order chi connectivity index (χ1) is 12.8. The van der Waals surface area contributed by atoms with Gasteiger partial charge in [0, 0.05) is 12.2 Å². The third kappa shape index (κ3) is 4.99. The molecule has 1 N–H and O–H groups in total. The Morgan fingerprint density at radius 1 is 1.07 bits per heavy atom. The smallest absolute Gasteiger partial charge is 0.247 e. The fraction of sp³-hybridized carbons (Fsp3) is 0.316. The molecule has 0 aliphatic rings. The van der Waals surface area contributed by atoms with Crippen molar-refractivity contribution in [3.63, 3.8) is 0 Å². The van der Waals surface area contributed by atoms with E-state index in [9.17, 15) is 13.2 Å². The second-order valence-corrected chi connectivity index (χ2v) is 7.77. The zero-order chi connectivity index (χ0) is 20.0. The maximum absolute atomic E-state index is 13.0. The molecule has 0 radical (unpaired) electrons. The first-order valence-corrected chi connectivity index (χ1v) is 9.84. The number of methoxy groups -OCH3 is 2. The van der Waals surface area contributed by atoms with E-state index in [1.165, 1.54) is 13.2 Å². The molecule has 27 heavy (non-hydrogen) atoms. The van der Waals surface area contributed by atoms with Crippen molar-refractivity contribution in [3.8, 4) is 11.5 Å². The van der Waals surface area contributed by atoms with E-state index >= 15 is 0 Å². The summed E-state index contributed by atoms with van der Waals surface area (Å²) in [6.45, 7) is 3.32. The molecular formula is C19H24N2O5S. The largest absolute Gasteiger partial charge is 0.497 e. The van der Waals surface area contributed by atoms with Gasteiger partial charge in [-0.25, -0.2) is 8.42 Å². The molecule has 0 aromatic heterocycles. The Morgan fingerprint density at radius 2 is 1.74 bits per heavy atom. The van der Waals surface area contributed by atoms with Crippen LogP contribution < -0.4 is 14.8 Å². The number of hydrogen-bond acceptors (Lipinski definition) is 5. The molecule has 0 fully saturated rings. The van der Waals surface area contributed by atoms with Gasteiger partial charge < -0.3 is 14.8 Å². The summed E-state index contributed by atoms with van der Waals surface area (Å²) in [5.74, 6) is 0.476. The van der Waals surface area contributed by atoms with Crippen LogP contribution in [-0.4, -0.2) is 45.9 Å². The van der Waals surface area contributed by atoms with Gasteiger partial charge in [0.2, 0.25) is 15.9 Å². The van der Waals surface area contributed by atoms with E-state index in [-0.39, 0.29) is 23.7 Å². The molecular weight excluding hydrogens is 368 g/mol. The molecule has 7 nitrogen and oxygen atoms in total. The molecule has 0 aliphatic carbocycles. The Labute approximate surface area is 160 Å². The minimum Gasteiger partial charge on any atom is -0.497 e. The number of hydrogen-bond donors (Lipinski definition) is 1. The van der Waals surface area contributed by atoms with Crippen molar-refractivity contribution >= 4 is 21.6 Å². The third-order valence-corrected chi connectivity index (χ3v) is 5.93. The SMILES string of the molecule is CCN(CC(=O)Nc1ccc(OC)cc1)S(=O)(=O)c1cc(C)ccc1OC. The van der Waals surface area contributed by atoms with Crippen molar-refractivity contribution in [2.24, 2.45) is 0 Å². The number of nitrogens with one attached hydrogen (secondary N) is 1. The van der Waals surface area contributed by atoms with Crippen LogP contribution in [0, 0.1) is 6.92 Å². The molecule has 2 aromatic carbocycles. The Kier molecular flexibility index (Phi) is 6.81. The molecule has 0 unspecified atom stereocenters. The predicted molar refractivity (Wildman–Crippen MR) is 104 cm³/mol. The molecule has 0 spiro atoms. The van der Waals surface area contributed by atoms with Gasteiger partial charge in [-0.3, -0.25) is 4.79 Å². The number of carbonyl (C=O) groups excluding carboxylic acids is 1. The second kappa shape index (κ2) is 8.88. The maximum atomic E-state index is 13.0. The van der Waals surface area contributed by atoms with E-state index in [0.717, 1.165) is 9.87 Å². The minimum atomic E-state index is -3.89. The lowest BCUT2D eigenvalue weighted by Gasteiger charge is -2.21. The minimum absolute atomic E-state index is 0.0455. The second-order valence-electron chi connectivity index (χ2n) is 5.86. The van der Waals surface area contributed by atoms with Crippen LogP contribution >= 0.6 is 0 Å². The van der Waals surface area contributed by atoms with Gasteiger partial charge in [0.05, 0.1) is 20.8 Å². The lowest BCUT2D eigenvalue weighted by molar-refractivity contribution is -0.116. The van der Waals surface area contributed by atoms with Gasteiger partial charge >= 0.3 is 0 Å². The molecule has 0 heterocycles. The summed E-state index contributed by atoms with van der Waals surface area (Å²) in [4.78, 5) is 12.4. The molecule has 0 saturated carbocycles.